The van der Waals surface area contributed by atoms with Gasteiger partial charge >= 0.3 is 13.8 Å². The third-order valence-electron chi connectivity index (χ3n) is 16.6. The van der Waals surface area contributed by atoms with E-state index in [1.807, 2.05) is 33.3 Å². The van der Waals surface area contributed by atoms with Gasteiger partial charge in [0.1, 0.15) is 19.3 Å². The molecular formula is C77H144N2O7P+. The third-order valence-corrected chi connectivity index (χ3v) is 17.6. The smallest absolute Gasteiger partial charge is 0.456 e. The number of carbonyl (C=O) groups excluding carboxylic acids is 2. The van der Waals surface area contributed by atoms with E-state index in [4.69, 9.17) is 13.8 Å². The van der Waals surface area contributed by atoms with Gasteiger partial charge in [0, 0.05) is 12.8 Å². The summed E-state index contributed by atoms with van der Waals surface area (Å²) >= 11 is 0. The van der Waals surface area contributed by atoms with Gasteiger partial charge in [0.25, 0.3) is 0 Å². The Morgan fingerprint density at radius 1 is 0.402 bits per heavy atom. The molecule has 2 N–H and O–H groups in total. The molecule has 10 heteroatoms. The van der Waals surface area contributed by atoms with E-state index < -0.39 is 20.0 Å². The summed E-state index contributed by atoms with van der Waals surface area (Å²) < 4.78 is 30.9. The Morgan fingerprint density at radius 3 is 1.08 bits per heavy atom. The van der Waals surface area contributed by atoms with Gasteiger partial charge < -0.3 is 19.4 Å². The van der Waals surface area contributed by atoms with Crippen LogP contribution in [0.2, 0.25) is 0 Å². The van der Waals surface area contributed by atoms with Crippen LogP contribution in [-0.2, 0) is 27.9 Å². The zero-order valence-corrected chi connectivity index (χ0v) is 59.2. The standard InChI is InChI=1S/C77H143N2O7P/c1-7-10-13-16-19-22-25-28-30-32-34-36-37-38-39-40-41-43-44-46-48-51-54-57-60-63-66-69-76(80)78-74(73-85-87(82,83)84-72-71-79(4,5)6)75(68-65-62-59-56-53-50-27-24-21-18-15-12-9-3)86-77(81)70-67-64-61-58-55-52-49-47-45-42-35-33-31-29-26-23-20-17-14-11-8-2/h19,22,28-31,34,36,38-39,65,68,74-75H,7-18,20-21,23-27,32-33,35,37,40-64,66-67,69-73H2,1-6H3,(H-,78,80,82,83)/p+1/b22-19-,30-28-,31-29+,36-34-,39-38-,68-65-. The summed E-state index contributed by atoms with van der Waals surface area (Å²) in [4.78, 5) is 38.0. The van der Waals surface area contributed by atoms with Gasteiger partial charge in [0.05, 0.1) is 33.8 Å². The van der Waals surface area contributed by atoms with Crippen LogP contribution < -0.4 is 5.32 Å². The lowest BCUT2D eigenvalue weighted by Gasteiger charge is -2.27. The molecule has 0 saturated carbocycles. The number of likely N-dealkylation sites (N-methyl/N-ethyl adjacent to an activating group) is 1. The van der Waals surface area contributed by atoms with E-state index in [0.717, 1.165) is 77.0 Å². The largest absolute Gasteiger partial charge is 0.472 e. The SMILES string of the molecule is CCCCC/C=C\C/C=C\C/C=C\C/C=C\CCCCCCCCCCCCCC(=O)NC(COP(=O)(O)OCC[N+](C)(C)C)C(/C=C\CCCCCCCCCCCCC)OC(=O)CCCCCCCCCCCCC/C=C/CCCCCCCC. The van der Waals surface area contributed by atoms with Gasteiger partial charge in [-0.1, -0.05) is 312 Å². The monoisotopic (exact) mass is 1240 g/mol. The van der Waals surface area contributed by atoms with Gasteiger partial charge in [-0.05, 0) is 102 Å². The lowest BCUT2D eigenvalue weighted by Crippen LogP contribution is -2.47. The maximum absolute atomic E-state index is 13.6. The van der Waals surface area contributed by atoms with Gasteiger partial charge in [0.15, 0.2) is 0 Å². The Balaban J connectivity index is 5.05. The van der Waals surface area contributed by atoms with Crippen molar-refractivity contribution in [1.29, 1.82) is 0 Å². The molecule has 0 radical (unpaired) electrons. The van der Waals surface area contributed by atoms with E-state index in [1.165, 1.54) is 244 Å². The number of allylic oxidation sites excluding steroid dienone is 11. The number of nitrogens with zero attached hydrogens (tertiary/aromatic N) is 1. The summed E-state index contributed by atoms with van der Waals surface area (Å²) in [5.41, 5.74) is 0. The number of phosphoric ester groups is 1. The molecule has 0 spiro atoms. The fraction of sp³-hybridized carbons (Fsp3) is 0.818. The highest BCUT2D eigenvalue weighted by atomic mass is 31.2. The Labute approximate surface area is 540 Å². The molecule has 0 bridgehead atoms. The van der Waals surface area contributed by atoms with Crippen LogP contribution in [0.5, 0.6) is 0 Å². The van der Waals surface area contributed by atoms with Crippen LogP contribution in [-0.4, -0.2) is 74.3 Å². The van der Waals surface area contributed by atoms with Crippen LogP contribution in [0.1, 0.15) is 355 Å². The van der Waals surface area contributed by atoms with E-state index >= 15 is 0 Å². The molecule has 0 aliphatic heterocycles. The maximum Gasteiger partial charge on any atom is 0.472 e. The lowest BCUT2D eigenvalue weighted by atomic mass is 10.0. The molecule has 87 heavy (non-hydrogen) atoms. The van der Waals surface area contributed by atoms with E-state index in [0.29, 0.717) is 23.9 Å². The Morgan fingerprint density at radius 2 is 0.701 bits per heavy atom. The first-order valence-electron chi connectivity index (χ1n) is 37.3. The second-order valence-electron chi connectivity index (χ2n) is 26.5. The molecule has 1 amide bonds. The molecule has 9 nitrogen and oxygen atoms in total. The summed E-state index contributed by atoms with van der Waals surface area (Å²) in [6.07, 6.45) is 87.7. The molecule has 0 saturated heterocycles. The molecule has 0 aliphatic rings. The van der Waals surface area contributed by atoms with Gasteiger partial charge in [0.2, 0.25) is 5.91 Å². The molecule has 0 aromatic heterocycles. The van der Waals surface area contributed by atoms with E-state index in [2.05, 4.69) is 86.8 Å². The summed E-state index contributed by atoms with van der Waals surface area (Å²) in [7, 11) is 1.50. The topological polar surface area (TPSA) is 111 Å². The quantitative estimate of drug-likeness (QED) is 0.0205. The van der Waals surface area contributed by atoms with Crippen LogP contribution in [0.15, 0.2) is 72.9 Å². The number of rotatable bonds is 68. The number of quaternary nitrogens is 1. The summed E-state index contributed by atoms with van der Waals surface area (Å²) in [6, 6.07) is -0.853. The Kier molecular flexibility index (Phi) is 64.4. The predicted molar refractivity (Wildman–Crippen MR) is 378 cm³/mol. The van der Waals surface area contributed by atoms with Crippen LogP contribution >= 0.6 is 7.82 Å². The fourth-order valence-corrected chi connectivity index (χ4v) is 11.6. The van der Waals surface area contributed by atoms with Crippen molar-refractivity contribution in [1.82, 2.24) is 5.32 Å². The molecule has 508 valence electrons. The summed E-state index contributed by atoms with van der Waals surface area (Å²) in [5.74, 6) is -0.497. The molecule has 0 aromatic rings. The summed E-state index contributed by atoms with van der Waals surface area (Å²) in [5, 5.41) is 3.08. The zero-order valence-electron chi connectivity index (χ0n) is 58.3. The van der Waals surface area contributed by atoms with Gasteiger partial charge in [-0.3, -0.25) is 18.6 Å². The number of ether oxygens (including phenoxy) is 1. The molecule has 3 unspecified atom stereocenters. The average Bonchev–Trinajstić information content (AvgIpc) is 3.69. The Bertz CT molecular complexity index is 1720. The number of unbranched alkanes of at least 4 members (excludes halogenated alkanes) is 42. The highest BCUT2D eigenvalue weighted by Gasteiger charge is 2.30. The molecule has 0 rings (SSSR count). The number of phosphoric acid groups is 1. The molecule has 0 aliphatic carbocycles. The second-order valence-corrected chi connectivity index (χ2v) is 27.9. The number of hydrogen-bond acceptors (Lipinski definition) is 6. The van der Waals surface area contributed by atoms with E-state index in [9.17, 15) is 19.0 Å². The van der Waals surface area contributed by atoms with Crippen molar-refractivity contribution in [2.75, 3.05) is 40.9 Å². The molecule has 0 aromatic carbocycles. The number of carbonyl (C=O) groups is 2. The van der Waals surface area contributed by atoms with Gasteiger partial charge in [-0.25, -0.2) is 4.57 Å². The van der Waals surface area contributed by atoms with E-state index in [-0.39, 0.29) is 25.1 Å². The van der Waals surface area contributed by atoms with Crippen LogP contribution in [0.3, 0.4) is 0 Å². The molecule has 0 fully saturated rings. The first-order valence-corrected chi connectivity index (χ1v) is 38.8. The van der Waals surface area contributed by atoms with Crippen LogP contribution in [0, 0.1) is 0 Å². The normalized spacial score (nSPS) is 13.9. The van der Waals surface area contributed by atoms with Crippen LogP contribution in [0.25, 0.3) is 0 Å². The fourth-order valence-electron chi connectivity index (χ4n) is 10.9. The second kappa shape index (κ2) is 66.4. The minimum absolute atomic E-state index is 0.0388. The van der Waals surface area contributed by atoms with Gasteiger partial charge in [-0.2, -0.15) is 0 Å². The molecule has 3 atom stereocenters. The van der Waals surface area contributed by atoms with Crippen molar-refractivity contribution < 1.29 is 37.3 Å². The zero-order chi connectivity index (χ0) is 63.5. The predicted octanol–water partition coefficient (Wildman–Crippen LogP) is 23.9. The van der Waals surface area contributed by atoms with E-state index in [1.54, 1.807) is 0 Å². The van der Waals surface area contributed by atoms with Crippen molar-refractivity contribution in [2.45, 2.75) is 367 Å². The highest BCUT2D eigenvalue weighted by Crippen LogP contribution is 2.43. The lowest BCUT2D eigenvalue weighted by molar-refractivity contribution is -0.870. The van der Waals surface area contributed by atoms with Crippen molar-refractivity contribution in [2.24, 2.45) is 0 Å². The van der Waals surface area contributed by atoms with Crippen molar-refractivity contribution in [3.05, 3.63) is 72.9 Å². The number of nitrogens with one attached hydrogen (secondary N) is 1. The first-order chi connectivity index (χ1) is 42.4. The minimum Gasteiger partial charge on any atom is -0.456 e. The summed E-state index contributed by atoms with van der Waals surface area (Å²) in [6.45, 7) is 7.02. The van der Waals surface area contributed by atoms with Crippen molar-refractivity contribution >= 4 is 19.7 Å². The number of esters is 1. The number of hydrogen-bond donors (Lipinski definition) is 2. The first kappa shape index (κ1) is 84.5. The highest BCUT2D eigenvalue weighted by molar-refractivity contribution is 7.47. The average molecular weight is 1240 g/mol. The third kappa shape index (κ3) is 67.7. The van der Waals surface area contributed by atoms with Crippen molar-refractivity contribution in [3.63, 3.8) is 0 Å². The Hall–Kier alpha value is -2.55. The van der Waals surface area contributed by atoms with Gasteiger partial charge in [-0.15, -0.1) is 0 Å². The molecule has 0 heterocycles. The minimum atomic E-state index is -4.46. The number of amides is 1. The molecular weight excluding hydrogens is 1100 g/mol. The van der Waals surface area contributed by atoms with Crippen molar-refractivity contribution in [3.8, 4) is 0 Å². The van der Waals surface area contributed by atoms with Crippen LogP contribution in [0.4, 0.5) is 0 Å². The maximum atomic E-state index is 13.6.